The average Bonchev–Trinajstić information content (AvgIpc) is 2.29. The molecule has 1 aliphatic rings. The first kappa shape index (κ1) is 11.3. The Hall–Kier alpha value is -1.24. The molecule has 0 N–H and O–H groups in total. The molecule has 1 aromatic rings. The van der Waals surface area contributed by atoms with Crippen LogP contribution in [0.25, 0.3) is 0 Å². The Balaban J connectivity index is 2.59. The van der Waals surface area contributed by atoms with Crippen LogP contribution in [0.5, 0.6) is 0 Å². The lowest BCUT2D eigenvalue weighted by Crippen LogP contribution is -2.29. The third-order valence-corrected chi connectivity index (χ3v) is 3.65. The molecule has 1 heteroatoms. The van der Waals surface area contributed by atoms with Crippen molar-refractivity contribution in [2.75, 3.05) is 18.5 Å². The van der Waals surface area contributed by atoms with Crippen molar-refractivity contribution in [1.82, 2.24) is 0 Å². The summed E-state index contributed by atoms with van der Waals surface area (Å²) in [6, 6.07) is 6.68. The highest BCUT2D eigenvalue weighted by Crippen LogP contribution is 2.37. The Bertz CT molecular complexity index is 404. The van der Waals surface area contributed by atoms with Gasteiger partial charge in [0.25, 0.3) is 0 Å². The molecule has 0 spiro atoms. The zero-order valence-electron chi connectivity index (χ0n) is 10.6. The van der Waals surface area contributed by atoms with Gasteiger partial charge in [0.15, 0.2) is 0 Å². The van der Waals surface area contributed by atoms with E-state index >= 15 is 0 Å². The molecule has 0 aromatic heterocycles. The Kier molecular flexibility index (Phi) is 2.79. The average molecular weight is 215 g/mol. The first-order valence-corrected chi connectivity index (χ1v) is 6.03. The van der Waals surface area contributed by atoms with Crippen LogP contribution < -0.4 is 4.90 Å². The van der Waals surface area contributed by atoms with Crippen molar-refractivity contribution in [2.45, 2.75) is 32.1 Å². The molecule has 0 saturated heterocycles. The van der Waals surface area contributed by atoms with Gasteiger partial charge in [-0.05, 0) is 24.0 Å². The molecule has 0 radical (unpaired) electrons. The van der Waals surface area contributed by atoms with Crippen LogP contribution in [0.4, 0.5) is 5.69 Å². The number of benzene rings is 1. The van der Waals surface area contributed by atoms with E-state index in [1.54, 1.807) is 0 Å². The molecule has 0 amide bonds. The summed E-state index contributed by atoms with van der Waals surface area (Å²) in [5.41, 5.74) is 4.37. The van der Waals surface area contributed by atoms with Gasteiger partial charge < -0.3 is 4.90 Å². The van der Waals surface area contributed by atoms with Crippen LogP contribution in [-0.2, 0) is 11.8 Å². The molecule has 86 valence electrons. The maximum atomic E-state index is 3.96. The summed E-state index contributed by atoms with van der Waals surface area (Å²) in [6.07, 6.45) is 4.52. The normalized spacial score (nSPS) is 15.8. The predicted octanol–water partition coefficient (Wildman–Crippen LogP) is 3.53. The number of anilines is 1. The van der Waals surface area contributed by atoms with Crippen LogP contribution in [0.15, 0.2) is 30.9 Å². The molecule has 0 fully saturated rings. The standard InChI is InChI=1S/C15H21N/c1-5-15(2,3)13-10-6-8-12-9-7-11-16(4)14(12)13/h5-6,8,10H,1,7,9,11H2,2-4H3. The molecular formula is C15H21N. The molecule has 2 rings (SSSR count). The third-order valence-electron chi connectivity index (χ3n) is 3.65. The zero-order chi connectivity index (χ0) is 11.8. The van der Waals surface area contributed by atoms with Gasteiger partial charge in [0.1, 0.15) is 0 Å². The first-order chi connectivity index (χ1) is 7.56. The van der Waals surface area contributed by atoms with Crippen LogP contribution in [0.1, 0.15) is 31.4 Å². The summed E-state index contributed by atoms with van der Waals surface area (Å²) in [5.74, 6) is 0. The topological polar surface area (TPSA) is 3.24 Å². The maximum absolute atomic E-state index is 3.96. The molecular weight excluding hydrogens is 194 g/mol. The van der Waals surface area contributed by atoms with E-state index in [4.69, 9.17) is 0 Å². The Labute approximate surface area is 98.8 Å². The van der Waals surface area contributed by atoms with Crippen molar-refractivity contribution in [2.24, 2.45) is 0 Å². The second-order valence-electron chi connectivity index (χ2n) is 5.26. The lowest BCUT2D eigenvalue weighted by atomic mass is 9.81. The summed E-state index contributed by atoms with van der Waals surface area (Å²) in [6.45, 7) is 9.60. The number of hydrogen-bond donors (Lipinski definition) is 0. The van der Waals surface area contributed by atoms with Gasteiger partial charge in [-0.15, -0.1) is 6.58 Å². The Morgan fingerprint density at radius 3 is 2.81 bits per heavy atom. The quantitative estimate of drug-likeness (QED) is 0.682. The number of rotatable bonds is 2. The first-order valence-electron chi connectivity index (χ1n) is 6.03. The van der Waals surface area contributed by atoms with Crippen LogP contribution in [0.3, 0.4) is 0 Å². The van der Waals surface area contributed by atoms with E-state index in [9.17, 15) is 0 Å². The zero-order valence-corrected chi connectivity index (χ0v) is 10.6. The summed E-state index contributed by atoms with van der Waals surface area (Å²) < 4.78 is 0. The molecule has 1 nitrogen and oxygen atoms in total. The summed E-state index contributed by atoms with van der Waals surface area (Å²) in [4.78, 5) is 2.39. The number of fused-ring (bicyclic) bond motifs is 1. The Morgan fingerprint density at radius 1 is 1.38 bits per heavy atom. The number of nitrogens with zero attached hydrogens (tertiary/aromatic N) is 1. The van der Waals surface area contributed by atoms with Crippen LogP contribution in [0.2, 0.25) is 0 Å². The Morgan fingerprint density at radius 2 is 2.12 bits per heavy atom. The van der Waals surface area contributed by atoms with E-state index in [-0.39, 0.29) is 5.41 Å². The summed E-state index contributed by atoms with van der Waals surface area (Å²) in [7, 11) is 2.20. The SMILES string of the molecule is C=CC(C)(C)c1cccc2c1N(C)CCC2. The van der Waals surface area contributed by atoms with E-state index in [0.29, 0.717) is 0 Å². The largest absolute Gasteiger partial charge is 0.374 e. The highest BCUT2D eigenvalue weighted by molar-refractivity contribution is 5.63. The van der Waals surface area contributed by atoms with Gasteiger partial charge in [-0.2, -0.15) is 0 Å². The molecule has 1 aliphatic heterocycles. The van der Waals surface area contributed by atoms with E-state index in [2.05, 4.69) is 50.6 Å². The van der Waals surface area contributed by atoms with Crippen LogP contribution >= 0.6 is 0 Å². The minimum atomic E-state index is 0.0525. The lowest BCUT2D eigenvalue weighted by molar-refractivity contribution is 0.653. The van der Waals surface area contributed by atoms with Crippen molar-refractivity contribution in [3.8, 4) is 0 Å². The van der Waals surface area contributed by atoms with Gasteiger partial charge in [0.05, 0.1) is 0 Å². The van der Waals surface area contributed by atoms with Gasteiger partial charge in [-0.3, -0.25) is 0 Å². The second-order valence-corrected chi connectivity index (χ2v) is 5.26. The van der Waals surface area contributed by atoms with Gasteiger partial charge >= 0.3 is 0 Å². The van der Waals surface area contributed by atoms with Crippen LogP contribution in [0, 0.1) is 0 Å². The van der Waals surface area contributed by atoms with Crippen molar-refractivity contribution in [1.29, 1.82) is 0 Å². The number of hydrogen-bond acceptors (Lipinski definition) is 1. The molecule has 0 unspecified atom stereocenters. The van der Waals surface area contributed by atoms with Crippen molar-refractivity contribution < 1.29 is 0 Å². The fourth-order valence-electron chi connectivity index (χ4n) is 2.49. The number of aryl methyl sites for hydroxylation is 1. The summed E-state index contributed by atoms with van der Waals surface area (Å²) >= 11 is 0. The van der Waals surface area contributed by atoms with Gasteiger partial charge in [0, 0.05) is 24.7 Å². The highest BCUT2D eigenvalue weighted by Gasteiger charge is 2.25. The van der Waals surface area contributed by atoms with E-state index in [1.165, 1.54) is 29.7 Å². The van der Waals surface area contributed by atoms with Crippen molar-refractivity contribution in [3.05, 3.63) is 42.0 Å². The molecule has 0 bridgehead atoms. The number of para-hydroxylation sites is 1. The summed E-state index contributed by atoms with van der Waals surface area (Å²) in [5, 5.41) is 0. The lowest BCUT2D eigenvalue weighted by Gasteiger charge is -2.34. The van der Waals surface area contributed by atoms with Crippen molar-refractivity contribution >= 4 is 5.69 Å². The number of allylic oxidation sites excluding steroid dienone is 1. The minimum absolute atomic E-state index is 0.0525. The molecule has 0 saturated carbocycles. The second kappa shape index (κ2) is 3.97. The molecule has 0 atom stereocenters. The highest BCUT2D eigenvalue weighted by atomic mass is 15.1. The van der Waals surface area contributed by atoms with Crippen LogP contribution in [-0.4, -0.2) is 13.6 Å². The van der Waals surface area contributed by atoms with Gasteiger partial charge in [-0.1, -0.05) is 38.1 Å². The molecule has 1 aromatic carbocycles. The molecule has 0 aliphatic carbocycles. The van der Waals surface area contributed by atoms with E-state index in [0.717, 1.165) is 6.54 Å². The fourth-order valence-corrected chi connectivity index (χ4v) is 2.49. The van der Waals surface area contributed by atoms with Gasteiger partial charge in [-0.25, -0.2) is 0 Å². The van der Waals surface area contributed by atoms with E-state index in [1.807, 2.05) is 6.08 Å². The fraction of sp³-hybridized carbons (Fsp3) is 0.467. The molecule has 16 heavy (non-hydrogen) atoms. The predicted molar refractivity (Wildman–Crippen MR) is 71.3 cm³/mol. The van der Waals surface area contributed by atoms with Gasteiger partial charge in [0.2, 0.25) is 0 Å². The smallest absolute Gasteiger partial charge is 0.0437 e. The van der Waals surface area contributed by atoms with Crippen molar-refractivity contribution in [3.63, 3.8) is 0 Å². The minimum Gasteiger partial charge on any atom is -0.374 e. The maximum Gasteiger partial charge on any atom is 0.0437 e. The monoisotopic (exact) mass is 215 g/mol. The molecule has 1 heterocycles. The van der Waals surface area contributed by atoms with E-state index < -0.39 is 0 Å². The third kappa shape index (κ3) is 1.75.